The van der Waals surface area contributed by atoms with E-state index in [2.05, 4.69) is 23.5 Å². The molecule has 90 valence electrons. The number of rotatable bonds is 7. The fraction of sp³-hybridized carbons (Fsp3) is 0.769. The third-order valence-electron chi connectivity index (χ3n) is 3.25. The van der Waals surface area contributed by atoms with Crippen molar-refractivity contribution in [2.75, 3.05) is 6.54 Å². The number of hydrogen-bond acceptors (Lipinski definition) is 2. The van der Waals surface area contributed by atoms with Gasteiger partial charge in [-0.25, -0.2) is 0 Å². The van der Waals surface area contributed by atoms with Gasteiger partial charge in [0.1, 0.15) is 0 Å². The zero-order chi connectivity index (χ0) is 11.4. The predicted molar refractivity (Wildman–Crippen MR) is 66.3 cm³/mol. The fourth-order valence-electron chi connectivity index (χ4n) is 2.01. The Kier molecular flexibility index (Phi) is 3.99. The molecular weight excluding hydrogens is 198 g/mol. The maximum atomic E-state index is 4.19. The van der Waals surface area contributed by atoms with E-state index in [4.69, 9.17) is 0 Å². The molecule has 1 aliphatic carbocycles. The number of aromatic nitrogens is 2. The second-order valence-electron chi connectivity index (χ2n) is 5.20. The highest BCUT2D eigenvalue weighted by Crippen LogP contribution is 2.19. The van der Waals surface area contributed by atoms with Crippen LogP contribution in [0.25, 0.3) is 0 Å². The first-order valence-electron chi connectivity index (χ1n) is 6.45. The van der Waals surface area contributed by atoms with Gasteiger partial charge in [-0.15, -0.1) is 0 Å². The van der Waals surface area contributed by atoms with E-state index in [9.17, 15) is 0 Å². The van der Waals surface area contributed by atoms with E-state index in [1.54, 1.807) is 0 Å². The molecular formula is C13H23N3. The van der Waals surface area contributed by atoms with Crippen LogP contribution < -0.4 is 5.32 Å². The Morgan fingerprint density at radius 3 is 3.00 bits per heavy atom. The van der Waals surface area contributed by atoms with Crippen LogP contribution in [0.4, 0.5) is 0 Å². The summed E-state index contributed by atoms with van der Waals surface area (Å²) in [5.74, 6) is 0.803. The first kappa shape index (κ1) is 11.6. The third kappa shape index (κ3) is 3.97. The minimum Gasteiger partial charge on any atom is -0.314 e. The molecule has 3 heteroatoms. The summed E-state index contributed by atoms with van der Waals surface area (Å²) in [7, 11) is 1.98. The average molecular weight is 221 g/mol. The van der Waals surface area contributed by atoms with E-state index < -0.39 is 0 Å². The maximum Gasteiger partial charge on any atom is 0.0521 e. The van der Waals surface area contributed by atoms with Gasteiger partial charge in [0.15, 0.2) is 0 Å². The number of nitrogens with zero attached hydrogens (tertiary/aromatic N) is 2. The molecule has 1 heterocycles. The van der Waals surface area contributed by atoms with Crippen LogP contribution in [0.1, 0.15) is 38.2 Å². The summed E-state index contributed by atoms with van der Waals surface area (Å²) in [6.07, 6.45) is 10.6. The normalized spacial score (nSPS) is 17.6. The van der Waals surface area contributed by atoms with Gasteiger partial charge in [0.05, 0.1) is 6.20 Å². The van der Waals surface area contributed by atoms with E-state index in [0.717, 1.165) is 12.0 Å². The van der Waals surface area contributed by atoms with E-state index in [-0.39, 0.29) is 0 Å². The molecule has 0 radical (unpaired) electrons. The molecule has 1 unspecified atom stereocenters. The van der Waals surface area contributed by atoms with Crippen molar-refractivity contribution >= 4 is 0 Å². The largest absolute Gasteiger partial charge is 0.314 e. The maximum absolute atomic E-state index is 4.19. The van der Waals surface area contributed by atoms with Crippen LogP contribution in [0.2, 0.25) is 0 Å². The second-order valence-corrected chi connectivity index (χ2v) is 5.20. The van der Waals surface area contributed by atoms with Crippen molar-refractivity contribution in [3.05, 3.63) is 18.0 Å². The molecule has 1 fully saturated rings. The predicted octanol–water partition coefficient (Wildman–Crippen LogP) is 2.13. The van der Waals surface area contributed by atoms with Gasteiger partial charge >= 0.3 is 0 Å². The lowest BCUT2D eigenvalue weighted by molar-refractivity contribution is 0.465. The average Bonchev–Trinajstić information content (AvgIpc) is 2.99. The molecule has 16 heavy (non-hydrogen) atoms. The lowest BCUT2D eigenvalue weighted by Gasteiger charge is -2.11. The van der Waals surface area contributed by atoms with Gasteiger partial charge in [-0.3, -0.25) is 4.68 Å². The van der Waals surface area contributed by atoms with E-state index in [1.165, 1.54) is 44.2 Å². The van der Waals surface area contributed by atoms with Crippen molar-refractivity contribution in [3.8, 4) is 0 Å². The first-order valence-corrected chi connectivity index (χ1v) is 6.45. The lowest BCUT2D eigenvalue weighted by Crippen LogP contribution is -2.23. The Morgan fingerprint density at radius 2 is 2.38 bits per heavy atom. The summed E-state index contributed by atoms with van der Waals surface area (Å²) < 4.78 is 1.88. The molecule has 1 aliphatic rings. The van der Waals surface area contributed by atoms with Crippen molar-refractivity contribution < 1.29 is 0 Å². The fourth-order valence-corrected chi connectivity index (χ4v) is 2.01. The summed E-state index contributed by atoms with van der Waals surface area (Å²) in [6.45, 7) is 3.54. The summed E-state index contributed by atoms with van der Waals surface area (Å²) in [6, 6.07) is 0.848. The van der Waals surface area contributed by atoms with Crippen LogP contribution in [-0.4, -0.2) is 22.4 Å². The van der Waals surface area contributed by atoms with Crippen molar-refractivity contribution in [2.24, 2.45) is 13.0 Å². The topological polar surface area (TPSA) is 29.9 Å². The molecule has 0 aliphatic heterocycles. The minimum atomic E-state index is 0.803. The summed E-state index contributed by atoms with van der Waals surface area (Å²) in [4.78, 5) is 0. The molecule has 0 amide bonds. The molecule has 1 N–H and O–H groups in total. The van der Waals surface area contributed by atoms with Gasteiger partial charge in [-0.2, -0.15) is 5.10 Å². The Hall–Kier alpha value is -0.830. The van der Waals surface area contributed by atoms with Crippen molar-refractivity contribution in [1.29, 1.82) is 0 Å². The van der Waals surface area contributed by atoms with Gasteiger partial charge in [0.25, 0.3) is 0 Å². The molecule has 0 bridgehead atoms. The molecule has 2 rings (SSSR count). The molecule has 0 aromatic carbocycles. The van der Waals surface area contributed by atoms with Gasteiger partial charge < -0.3 is 5.32 Å². The van der Waals surface area contributed by atoms with E-state index in [1.807, 2.05) is 17.9 Å². The summed E-state index contributed by atoms with van der Waals surface area (Å²) in [5.41, 5.74) is 1.37. The Morgan fingerprint density at radius 1 is 1.56 bits per heavy atom. The zero-order valence-corrected chi connectivity index (χ0v) is 10.4. The Labute approximate surface area is 98.2 Å². The molecule has 1 saturated carbocycles. The lowest BCUT2D eigenvalue weighted by atomic mass is 10.0. The van der Waals surface area contributed by atoms with Gasteiger partial charge in [0, 0.05) is 19.3 Å². The summed E-state index contributed by atoms with van der Waals surface area (Å²) in [5, 5.41) is 7.78. The quantitative estimate of drug-likeness (QED) is 0.764. The minimum absolute atomic E-state index is 0.803. The highest BCUT2D eigenvalue weighted by Gasteiger charge is 2.20. The molecule has 1 aromatic rings. The molecule has 1 aromatic heterocycles. The van der Waals surface area contributed by atoms with Crippen LogP contribution >= 0.6 is 0 Å². The van der Waals surface area contributed by atoms with Gasteiger partial charge in [0.2, 0.25) is 0 Å². The highest BCUT2D eigenvalue weighted by molar-refractivity contribution is 5.03. The first-order chi connectivity index (χ1) is 7.74. The van der Waals surface area contributed by atoms with Crippen LogP contribution in [0.5, 0.6) is 0 Å². The van der Waals surface area contributed by atoms with E-state index in [0.29, 0.717) is 0 Å². The monoisotopic (exact) mass is 221 g/mol. The van der Waals surface area contributed by atoms with Gasteiger partial charge in [-0.1, -0.05) is 6.92 Å². The van der Waals surface area contributed by atoms with Crippen molar-refractivity contribution in [2.45, 2.75) is 45.1 Å². The Balaban J connectivity index is 1.55. The molecule has 0 saturated heterocycles. The molecule has 1 atom stereocenters. The van der Waals surface area contributed by atoms with Crippen LogP contribution in [-0.2, 0) is 13.5 Å². The standard InChI is InChI=1S/C13H23N3/c1-11(8-14-13-6-7-13)4-3-5-12-9-15-16(2)10-12/h9-11,13-14H,3-8H2,1-2H3. The highest BCUT2D eigenvalue weighted by atomic mass is 15.2. The Bertz CT molecular complexity index is 315. The van der Waals surface area contributed by atoms with Crippen LogP contribution in [0.15, 0.2) is 12.4 Å². The number of nitrogens with one attached hydrogen (secondary N) is 1. The number of hydrogen-bond donors (Lipinski definition) is 1. The molecule has 3 nitrogen and oxygen atoms in total. The van der Waals surface area contributed by atoms with Crippen molar-refractivity contribution in [1.82, 2.24) is 15.1 Å². The smallest absolute Gasteiger partial charge is 0.0521 e. The SMILES string of the molecule is CC(CCCc1cnn(C)c1)CNC1CC1. The van der Waals surface area contributed by atoms with Crippen molar-refractivity contribution in [3.63, 3.8) is 0 Å². The molecule has 0 spiro atoms. The zero-order valence-electron chi connectivity index (χ0n) is 10.4. The third-order valence-corrected chi connectivity index (χ3v) is 3.25. The van der Waals surface area contributed by atoms with Crippen LogP contribution in [0.3, 0.4) is 0 Å². The number of aryl methyl sites for hydroxylation is 2. The van der Waals surface area contributed by atoms with Gasteiger partial charge in [-0.05, 0) is 50.1 Å². The second kappa shape index (κ2) is 5.48. The summed E-state index contributed by atoms with van der Waals surface area (Å²) >= 11 is 0. The van der Waals surface area contributed by atoms with E-state index >= 15 is 0 Å². The van der Waals surface area contributed by atoms with Crippen LogP contribution in [0, 0.1) is 5.92 Å².